The van der Waals surface area contributed by atoms with Gasteiger partial charge in [0.1, 0.15) is 0 Å². The maximum absolute atomic E-state index is 8.82. The number of aromatic nitrogens is 2. The van der Waals surface area contributed by atoms with E-state index in [1.54, 1.807) is 4.57 Å². The molecular weight excluding hydrogens is 202 g/mol. The van der Waals surface area contributed by atoms with Crippen molar-refractivity contribution in [2.24, 2.45) is 0 Å². The molecule has 0 fully saturated rings. The molecule has 4 nitrogen and oxygen atoms in total. The standard InChI is InChI=1S/C9H11N3O.ClH/c10-9-11-7-3-1-2-4-8(7)12(9)5-6-13;/h1-4,13H,5-6H2,(H2,10,11);1H. The molecule has 3 N–H and O–H groups in total. The zero-order valence-electron chi connectivity index (χ0n) is 7.55. The first-order valence-corrected chi connectivity index (χ1v) is 4.14. The Morgan fingerprint density at radius 1 is 1.36 bits per heavy atom. The summed E-state index contributed by atoms with van der Waals surface area (Å²) < 4.78 is 1.80. The van der Waals surface area contributed by atoms with Crippen molar-refractivity contribution in [1.82, 2.24) is 9.55 Å². The van der Waals surface area contributed by atoms with Gasteiger partial charge in [-0.1, -0.05) is 12.1 Å². The molecule has 0 aliphatic rings. The molecule has 1 heterocycles. The number of nitrogen functional groups attached to an aromatic ring is 1. The minimum atomic E-state index is 0. The monoisotopic (exact) mass is 213 g/mol. The van der Waals surface area contributed by atoms with E-state index in [-0.39, 0.29) is 19.0 Å². The van der Waals surface area contributed by atoms with Crippen LogP contribution in [-0.2, 0) is 6.54 Å². The number of aliphatic hydroxyl groups excluding tert-OH is 1. The van der Waals surface area contributed by atoms with Crippen LogP contribution in [-0.4, -0.2) is 21.3 Å². The molecule has 14 heavy (non-hydrogen) atoms. The minimum absolute atomic E-state index is 0. The van der Waals surface area contributed by atoms with Crippen molar-refractivity contribution in [3.8, 4) is 0 Å². The van der Waals surface area contributed by atoms with E-state index in [0.29, 0.717) is 12.5 Å². The summed E-state index contributed by atoms with van der Waals surface area (Å²) in [6.45, 7) is 0.566. The number of anilines is 1. The second-order valence-corrected chi connectivity index (χ2v) is 2.83. The molecule has 0 amide bonds. The summed E-state index contributed by atoms with van der Waals surface area (Å²) in [6.07, 6.45) is 0. The van der Waals surface area contributed by atoms with E-state index < -0.39 is 0 Å². The number of imidazole rings is 1. The summed E-state index contributed by atoms with van der Waals surface area (Å²) in [5, 5.41) is 8.82. The normalized spacial score (nSPS) is 10.1. The van der Waals surface area contributed by atoms with E-state index in [0.717, 1.165) is 11.0 Å². The zero-order valence-corrected chi connectivity index (χ0v) is 8.37. The number of rotatable bonds is 2. The molecule has 0 aliphatic carbocycles. The molecule has 0 bridgehead atoms. The maximum Gasteiger partial charge on any atom is 0.201 e. The van der Waals surface area contributed by atoms with Gasteiger partial charge in [-0.3, -0.25) is 0 Å². The smallest absolute Gasteiger partial charge is 0.201 e. The third-order valence-corrected chi connectivity index (χ3v) is 2.01. The van der Waals surface area contributed by atoms with Crippen molar-refractivity contribution >= 4 is 29.4 Å². The summed E-state index contributed by atoms with van der Waals surface area (Å²) in [6, 6.07) is 7.68. The third kappa shape index (κ3) is 1.66. The van der Waals surface area contributed by atoms with Crippen molar-refractivity contribution in [1.29, 1.82) is 0 Å². The predicted octanol–water partition coefficient (Wildman–Crippen LogP) is 1.03. The number of nitrogens with two attached hydrogens (primary N) is 1. The number of hydrogen-bond acceptors (Lipinski definition) is 3. The number of aliphatic hydroxyl groups is 1. The minimum Gasteiger partial charge on any atom is -0.395 e. The van der Waals surface area contributed by atoms with Gasteiger partial charge in [-0.15, -0.1) is 12.4 Å². The van der Waals surface area contributed by atoms with Crippen molar-refractivity contribution in [3.05, 3.63) is 24.3 Å². The second kappa shape index (κ2) is 4.30. The Morgan fingerprint density at radius 3 is 2.79 bits per heavy atom. The van der Waals surface area contributed by atoms with Crippen LogP contribution in [0.25, 0.3) is 11.0 Å². The van der Waals surface area contributed by atoms with Gasteiger partial charge >= 0.3 is 0 Å². The first kappa shape index (κ1) is 10.8. The van der Waals surface area contributed by atoms with Crippen molar-refractivity contribution in [3.63, 3.8) is 0 Å². The summed E-state index contributed by atoms with van der Waals surface area (Å²) in [5.74, 6) is 0.454. The van der Waals surface area contributed by atoms with Crippen LogP contribution in [0.15, 0.2) is 24.3 Å². The van der Waals surface area contributed by atoms with Gasteiger partial charge in [0.15, 0.2) is 0 Å². The Morgan fingerprint density at radius 2 is 2.07 bits per heavy atom. The number of halogens is 1. The molecule has 2 rings (SSSR count). The highest BCUT2D eigenvalue weighted by Gasteiger charge is 2.05. The molecule has 0 saturated carbocycles. The molecule has 76 valence electrons. The van der Waals surface area contributed by atoms with E-state index in [4.69, 9.17) is 10.8 Å². The highest BCUT2D eigenvalue weighted by molar-refractivity contribution is 5.85. The number of nitrogens with zero attached hydrogens (tertiary/aromatic N) is 2. The van der Waals surface area contributed by atoms with E-state index in [1.165, 1.54) is 0 Å². The fraction of sp³-hybridized carbons (Fsp3) is 0.222. The van der Waals surface area contributed by atoms with Gasteiger partial charge in [0.2, 0.25) is 5.95 Å². The van der Waals surface area contributed by atoms with Gasteiger partial charge in [0, 0.05) is 6.54 Å². The Kier molecular flexibility index (Phi) is 3.33. The first-order chi connectivity index (χ1) is 6.33. The van der Waals surface area contributed by atoms with Gasteiger partial charge in [-0.2, -0.15) is 0 Å². The van der Waals surface area contributed by atoms with Crippen LogP contribution >= 0.6 is 12.4 Å². The lowest BCUT2D eigenvalue weighted by Crippen LogP contribution is -2.05. The van der Waals surface area contributed by atoms with Gasteiger partial charge in [-0.25, -0.2) is 4.98 Å². The fourth-order valence-corrected chi connectivity index (χ4v) is 1.43. The zero-order chi connectivity index (χ0) is 9.26. The van der Waals surface area contributed by atoms with E-state index in [1.807, 2.05) is 24.3 Å². The van der Waals surface area contributed by atoms with Gasteiger partial charge < -0.3 is 15.4 Å². The Hall–Kier alpha value is -1.26. The molecule has 0 radical (unpaired) electrons. The molecule has 2 aromatic rings. The fourth-order valence-electron chi connectivity index (χ4n) is 1.43. The van der Waals surface area contributed by atoms with Crippen molar-refractivity contribution in [2.75, 3.05) is 12.3 Å². The predicted molar refractivity (Wildman–Crippen MR) is 58.5 cm³/mol. The number of benzene rings is 1. The molecule has 5 heteroatoms. The largest absolute Gasteiger partial charge is 0.395 e. The van der Waals surface area contributed by atoms with Crippen LogP contribution < -0.4 is 5.73 Å². The highest BCUT2D eigenvalue weighted by atomic mass is 35.5. The average molecular weight is 214 g/mol. The Bertz CT molecular complexity index is 427. The van der Waals surface area contributed by atoms with Gasteiger partial charge in [0.05, 0.1) is 17.6 Å². The van der Waals surface area contributed by atoms with Gasteiger partial charge in [0.25, 0.3) is 0 Å². The topological polar surface area (TPSA) is 64.1 Å². The second-order valence-electron chi connectivity index (χ2n) is 2.83. The van der Waals surface area contributed by atoms with E-state index in [9.17, 15) is 0 Å². The third-order valence-electron chi connectivity index (χ3n) is 2.01. The molecular formula is C9H12ClN3O. The number of hydrogen-bond donors (Lipinski definition) is 2. The Balaban J connectivity index is 0.000000980. The quantitative estimate of drug-likeness (QED) is 0.784. The van der Waals surface area contributed by atoms with Crippen LogP contribution in [0.4, 0.5) is 5.95 Å². The summed E-state index contributed by atoms with van der Waals surface area (Å²) in [5.41, 5.74) is 7.52. The Labute approximate surface area is 87.8 Å². The van der Waals surface area contributed by atoms with Crippen LogP contribution in [0.2, 0.25) is 0 Å². The van der Waals surface area contributed by atoms with E-state index >= 15 is 0 Å². The van der Waals surface area contributed by atoms with Crippen molar-refractivity contribution in [2.45, 2.75) is 6.54 Å². The van der Waals surface area contributed by atoms with Gasteiger partial charge in [-0.05, 0) is 12.1 Å². The highest BCUT2D eigenvalue weighted by Crippen LogP contribution is 2.16. The lowest BCUT2D eigenvalue weighted by atomic mass is 10.3. The summed E-state index contributed by atoms with van der Waals surface area (Å²) in [4.78, 5) is 4.16. The maximum atomic E-state index is 8.82. The number of fused-ring (bicyclic) bond motifs is 1. The molecule has 1 aromatic heterocycles. The molecule has 0 atom stereocenters. The lowest BCUT2D eigenvalue weighted by Gasteiger charge is -2.02. The van der Waals surface area contributed by atoms with Crippen molar-refractivity contribution < 1.29 is 5.11 Å². The van der Waals surface area contributed by atoms with Crippen LogP contribution in [0.1, 0.15) is 0 Å². The van der Waals surface area contributed by atoms with Crippen LogP contribution in [0, 0.1) is 0 Å². The number of para-hydroxylation sites is 2. The molecule has 0 aliphatic heterocycles. The molecule has 0 saturated heterocycles. The average Bonchev–Trinajstić information content (AvgIpc) is 2.44. The molecule has 0 spiro atoms. The summed E-state index contributed by atoms with van der Waals surface area (Å²) in [7, 11) is 0. The summed E-state index contributed by atoms with van der Waals surface area (Å²) >= 11 is 0. The van der Waals surface area contributed by atoms with Crippen LogP contribution in [0.3, 0.4) is 0 Å². The molecule has 1 aromatic carbocycles. The first-order valence-electron chi connectivity index (χ1n) is 4.14. The lowest BCUT2D eigenvalue weighted by molar-refractivity contribution is 0.278. The molecule has 0 unspecified atom stereocenters. The van der Waals surface area contributed by atoms with E-state index in [2.05, 4.69) is 4.98 Å². The van der Waals surface area contributed by atoms with Crippen LogP contribution in [0.5, 0.6) is 0 Å². The SMILES string of the molecule is Cl.Nc1nc2ccccc2n1CCO.